The Kier molecular flexibility index (Phi) is 12.9. The quantitative estimate of drug-likeness (QED) is 0.0632. The van der Waals surface area contributed by atoms with Gasteiger partial charge in [-0.2, -0.15) is 65.9 Å². The Morgan fingerprint density at radius 2 is 1.12 bits per heavy atom. The highest BCUT2D eigenvalue weighted by Gasteiger charge is 2.81. The fraction of sp³-hybridized carbons (Fsp3) is 0.875. The van der Waals surface area contributed by atoms with Gasteiger partial charge in [0.1, 0.15) is 5.25 Å². The van der Waals surface area contributed by atoms with Gasteiger partial charge in [0.25, 0.3) is 0 Å². The third kappa shape index (κ3) is 8.75. The first-order valence-corrected chi connectivity index (χ1v) is 10.5. The molecule has 0 aromatic heterocycles. The second-order valence-electron chi connectivity index (χ2n) is 7.37. The van der Waals surface area contributed by atoms with E-state index in [9.17, 15) is 84.2 Å². The molecule has 0 amide bonds. The van der Waals surface area contributed by atoms with Gasteiger partial charge < -0.3 is 9.47 Å². The van der Waals surface area contributed by atoms with Crippen LogP contribution in [-0.2, 0) is 28.4 Å². The number of hydrogen-bond donors (Lipinski definition) is 1. The third-order valence-electron chi connectivity index (χ3n) is 4.50. The van der Waals surface area contributed by atoms with Crippen LogP contribution in [0, 0.1) is 0 Å². The maximum absolute atomic E-state index is 13.4. The summed E-state index contributed by atoms with van der Waals surface area (Å²) in [6.07, 6.45) is -19.2. The predicted molar refractivity (Wildman–Crippen MR) is 93.7 cm³/mol. The number of alkyl halides is 17. The molecule has 0 rings (SSSR count). The standard InChI is InChI=1S/C16H13F17O7S/c17-9(18)12(23,24)13(25,26)10(19,20)1-3-37-7(34)5-6(41-40-39-36)8(35)38-4-2-11(21,22)14(27,28)15(29,30)16(31,32)33/h6,9,36H,1-5H2. The molecule has 1 N–H and O–H groups in total. The van der Waals surface area contributed by atoms with Gasteiger partial charge in [0.15, 0.2) is 0 Å². The molecule has 0 aromatic carbocycles. The molecule has 0 saturated carbocycles. The zero-order valence-corrected chi connectivity index (χ0v) is 19.7. The Hall–Kier alpha value is -2.02. The number of rotatable bonds is 17. The summed E-state index contributed by atoms with van der Waals surface area (Å²) < 4.78 is 229. The topological polar surface area (TPSA) is 91.3 Å². The lowest BCUT2D eigenvalue weighted by Gasteiger charge is -2.33. The van der Waals surface area contributed by atoms with E-state index in [0.717, 1.165) is 0 Å². The van der Waals surface area contributed by atoms with Crippen LogP contribution in [0.15, 0.2) is 0 Å². The molecular weight excluding hydrogens is 659 g/mol. The van der Waals surface area contributed by atoms with Gasteiger partial charge in [0.05, 0.1) is 44.5 Å². The minimum atomic E-state index is -7.27. The highest BCUT2D eigenvalue weighted by Crippen LogP contribution is 2.54. The molecular formula is C16H13F17O7S. The normalized spacial score (nSPS) is 15.2. The molecule has 7 nitrogen and oxygen atoms in total. The summed E-state index contributed by atoms with van der Waals surface area (Å²) in [4.78, 5) is 23.4. The first-order valence-electron chi connectivity index (χ1n) is 9.71. The molecule has 0 saturated heterocycles. The first-order chi connectivity index (χ1) is 18.1. The Morgan fingerprint density at radius 3 is 1.54 bits per heavy atom. The molecule has 0 radical (unpaired) electrons. The van der Waals surface area contributed by atoms with Crippen LogP contribution in [0.4, 0.5) is 74.6 Å². The summed E-state index contributed by atoms with van der Waals surface area (Å²) in [6.45, 7) is -3.97. The molecule has 41 heavy (non-hydrogen) atoms. The van der Waals surface area contributed by atoms with Gasteiger partial charge in [-0.15, -0.1) is 4.33 Å². The summed E-state index contributed by atoms with van der Waals surface area (Å²) >= 11 is -0.524. The van der Waals surface area contributed by atoms with Gasteiger partial charge in [0, 0.05) is 0 Å². The highest BCUT2D eigenvalue weighted by molar-refractivity contribution is 7.95. The lowest BCUT2D eigenvalue weighted by Crippen LogP contribution is -2.61. The average molecular weight is 672 g/mol. The summed E-state index contributed by atoms with van der Waals surface area (Å²) in [5, 5.41) is 8.65. The van der Waals surface area contributed by atoms with Crippen LogP contribution in [-0.4, -0.2) is 83.8 Å². The van der Waals surface area contributed by atoms with Crippen molar-refractivity contribution < 1.29 is 108 Å². The molecule has 0 aliphatic carbocycles. The monoisotopic (exact) mass is 672 g/mol. The molecule has 0 aliphatic heterocycles. The van der Waals surface area contributed by atoms with E-state index in [-0.39, 0.29) is 0 Å². The van der Waals surface area contributed by atoms with Crippen LogP contribution in [0.2, 0.25) is 0 Å². The van der Waals surface area contributed by atoms with Crippen molar-refractivity contribution in [3.63, 3.8) is 0 Å². The summed E-state index contributed by atoms with van der Waals surface area (Å²) in [5.41, 5.74) is 0. The van der Waals surface area contributed by atoms with Crippen molar-refractivity contribution in [3.05, 3.63) is 0 Å². The molecule has 1 unspecified atom stereocenters. The molecule has 0 aliphatic rings. The molecule has 0 fully saturated rings. The molecule has 0 spiro atoms. The first kappa shape index (κ1) is 39.0. The zero-order chi connectivity index (χ0) is 32.9. The van der Waals surface area contributed by atoms with E-state index < -0.39 is 110 Å². The maximum atomic E-state index is 13.4. The van der Waals surface area contributed by atoms with E-state index >= 15 is 0 Å². The Bertz CT molecular complexity index is 881. The van der Waals surface area contributed by atoms with Gasteiger partial charge in [-0.3, -0.25) is 9.59 Å². The SMILES string of the molecule is O=C(CC(SOOO)C(=O)OCCC(F)(F)C(F)(F)C(F)(F)C(F)(F)F)OCCC(F)(F)C(F)(F)C(F)(F)C(F)F. The van der Waals surface area contributed by atoms with Crippen LogP contribution in [0.5, 0.6) is 0 Å². The molecule has 25 heteroatoms. The third-order valence-corrected chi connectivity index (χ3v) is 5.23. The van der Waals surface area contributed by atoms with E-state index in [1.54, 1.807) is 0 Å². The van der Waals surface area contributed by atoms with Crippen molar-refractivity contribution in [2.75, 3.05) is 13.2 Å². The number of carbonyl (C=O) groups excluding carboxylic acids is 2. The number of esters is 2. The van der Waals surface area contributed by atoms with Crippen molar-refractivity contribution in [3.8, 4) is 0 Å². The average Bonchev–Trinajstić information content (AvgIpc) is 2.79. The van der Waals surface area contributed by atoms with Crippen LogP contribution >= 0.6 is 12.0 Å². The van der Waals surface area contributed by atoms with Crippen LogP contribution in [0.1, 0.15) is 19.3 Å². The van der Waals surface area contributed by atoms with E-state index in [1.165, 1.54) is 0 Å². The lowest BCUT2D eigenvalue weighted by atomic mass is 10.0. The maximum Gasteiger partial charge on any atom is 0.460 e. The molecule has 0 aromatic rings. The largest absolute Gasteiger partial charge is 0.465 e. The van der Waals surface area contributed by atoms with Gasteiger partial charge in [-0.05, 0) is 0 Å². The van der Waals surface area contributed by atoms with Crippen molar-refractivity contribution in [1.29, 1.82) is 0 Å². The fourth-order valence-corrected chi connectivity index (χ4v) is 2.68. The van der Waals surface area contributed by atoms with Crippen LogP contribution in [0.25, 0.3) is 0 Å². The van der Waals surface area contributed by atoms with E-state index in [2.05, 4.69) is 18.8 Å². The smallest absolute Gasteiger partial charge is 0.460 e. The second-order valence-corrected chi connectivity index (χ2v) is 8.27. The molecule has 244 valence electrons. The molecule has 1 atom stereocenters. The highest BCUT2D eigenvalue weighted by atomic mass is 32.2. The fourth-order valence-electron chi connectivity index (χ4n) is 2.20. The lowest BCUT2D eigenvalue weighted by molar-refractivity contribution is -0.432. The minimum Gasteiger partial charge on any atom is -0.465 e. The van der Waals surface area contributed by atoms with Gasteiger partial charge in [-0.1, -0.05) is 5.04 Å². The van der Waals surface area contributed by atoms with Crippen molar-refractivity contribution >= 4 is 24.0 Å². The van der Waals surface area contributed by atoms with Crippen LogP contribution < -0.4 is 0 Å². The molecule has 0 bridgehead atoms. The van der Waals surface area contributed by atoms with Gasteiger partial charge in [0.2, 0.25) is 0 Å². The summed E-state index contributed by atoms with van der Waals surface area (Å²) in [5.74, 6) is -43.7. The minimum absolute atomic E-state index is 0.524. The van der Waals surface area contributed by atoms with Crippen molar-refractivity contribution in [1.82, 2.24) is 0 Å². The Labute approximate surface area is 219 Å². The van der Waals surface area contributed by atoms with Crippen molar-refractivity contribution in [2.45, 2.75) is 72.6 Å². The van der Waals surface area contributed by atoms with Crippen LogP contribution in [0.3, 0.4) is 0 Å². The van der Waals surface area contributed by atoms with E-state index in [0.29, 0.717) is 0 Å². The predicted octanol–water partition coefficient (Wildman–Crippen LogP) is 6.32. The second kappa shape index (κ2) is 13.5. The van der Waals surface area contributed by atoms with E-state index in [4.69, 9.17) is 5.26 Å². The van der Waals surface area contributed by atoms with Gasteiger partial charge >= 0.3 is 60.1 Å². The summed E-state index contributed by atoms with van der Waals surface area (Å²) in [7, 11) is 0. The number of ether oxygens (including phenoxy) is 2. The Balaban J connectivity index is 5.26. The molecule has 0 heterocycles. The van der Waals surface area contributed by atoms with Gasteiger partial charge in [-0.25, -0.2) is 14.0 Å². The Morgan fingerprint density at radius 1 is 0.683 bits per heavy atom. The van der Waals surface area contributed by atoms with Crippen molar-refractivity contribution in [2.24, 2.45) is 0 Å². The number of hydrogen-bond acceptors (Lipinski definition) is 8. The number of halogens is 17. The number of carbonyl (C=O) groups is 2. The van der Waals surface area contributed by atoms with E-state index in [1.807, 2.05) is 0 Å². The summed E-state index contributed by atoms with van der Waals surface area (Å²) in [6, 6.07) is 0. The zero-order valence-electron chi connectivity index (χ0n) is 18.9.